The minimum Gasteiger partial charge on any atom is -0.452 e. The zero-order chi connectivity index (χ0) is 22.9. The van der Waals surface area contributed by atoms with Gasteiger partial charge in [0.25, 0.3) is 5.91 Å². The number of hydrogen-bond donors (Lipinski definition) is 3. The normalized spacial score (nSPS) is 10.3. The summed E-state index contributed by atoms with van der Waals surface area (Å²) in [7, 11) is 0. The molecule has 8 heteroatoms. The third-order valence-electron chi connectivity index (χ3n) is 4.58. The summed E-state index contributed by atoms with van der Waals surface area (Å²) in [5.74, 6) is -1.67. The molecular weight excluding hydrogens is 430 g/mol. The zero-order valence-electron chi connectivity index (χ0n) is 17.1. The van der Waals surface area contributed by atoms with Gasteiger partial charge in [0.05, 0.1) is 5.56 Å². The highest BCUT2D eigenvalue weighted by Crippen LogP contribution is 2.17. The van der Waals surface area contributed by atoms with Crippen LogP contribution in [-0.4, -0.2) is 30.9 Å². The van der Waals surface area contributed by atoms with Crippen LogP contribution < -0.4 is 16.4 Å². The maximum atomic E-state index is 12.5. The van der Waals surface area contributed by atoms with Crippen molar-refractivity contribution in [1.82, 2.24) is 0 Å². The number of carbonyl (C=O) groups is 3. The van der Waals surface area contributed by atoms with Crippen molar-refractivity contribution < 1.29 is 19.1 Å². The van der Waals surface area contributed by atoms with Gasteiger partial charge in [-0.25, -0.2) is 4.79 Å². The molecule has 0 aromatic heterocycles. The summed E-state index contributed by atoms with van der Waals surface area (Å²) < 4.78 is 5.16. The van der Waals surface area contributed by atoms with Crippen LogP contribution in [0.5, 0.6) is 0 Å². The Morgan fingerprint density at radius 3 is 2.28 bits per heavy atom. The first-order valence-electron chi connectivity index (χ1n) is 9.86. The van der Waals surface area contributed by atoms with Crippen molar-refractivity contribution in [3.8, 4) is 0 Å². The number of amides is 2. The SMILES string of the molecule is NC(=O)c1ccc(NC(=O)COC(=O)c2ccccc2NCCc2ccc(Cl)cc2)cc1. The Hall–Kier alpha value is -3.84. The van der Waals surface area contributed by atoms with E-state index in [0.29, 0.717) is 34.1 Å². The number of nitrogens with two attached hydrogens (primary N) is 1. The van der Waals surface area contributed by atoms with E-state index < -0.39 is 24.4 Å². The number of primary amides is 1. The number of benzene rings is 3. The number of para-hydroxylation sites is 1. The fourth-order valence-corrected chi connectivity index (χ4v) is 3.06. The molecule has 7 nitrogen and oxygen atoms in total. The molecule has 164 valence electrons. The van der Waals surface area contributed by atoms with Gasteiger partial charge in [-0.05, 0) is 60.5 Å². The van der Waals surface area contributed by atoms with Gasteiger partial charge in [0, 0.05) is 28.5 Å². The Bertz CT molecular complexity index is 1100. The molecule has 0 atom stereocenters. The lowest BCUT2D eigenvalue weighted by Gasteiger charge is -2.12. The van der Waals surface area contributed by atoms with Gasteiger partial charge in [-0.15, -0.1) is 0 Å². The third kappa shape index (κ3) is 6.58. The number of rotatable bonds is 9. The maximum Gasteiger partial charge on any atom is 0.340 e. The fraction of sp³-hybridized carbons (Fsp3) is 0.125. The Labute approximate surface area is 190 Å². The van der Waals surface area contributed by atoms with Crippen molar-refractivity contribution >= 4 is 40.8 Å². The molecule has 0 aliphatic carbocycles. The van der Waals surface area contributed by atoms with Gasteiger partial charge >= 0.3 is 5.97 Å². The number of halogens is 1. The second kappa shape index (κ2) is 11.0. The van der Waals surface area contributed by atoms with Gasteiger partial charge in [0.2, 0.25) is 5.91 Å². The quantitative estimate of drug-likeness (QED) is 0.427. The van der Waals surface area contributed by atoms with E-state index in [-0.39, 0.29) is 0 Å². The summed E-state index contributed by atoms with van der Waals surface area (Å²) in [5, 5.41) is 6.50. The first kappa shape index (κ1) is 22.8. The Balaban J connectivity index is 1.51. The summed E-state index contributed by atoms with van der Waals surface area (Å²) in [6.45, 7) is 0.156. The molecular formula is C24H22ClN3O4. The third-order valence-corrected chi connectivity index (χ3v) is 4.83. The van der Waals surface area contributed by atoms with Crippen molar-refractivity contribution in [2.75, 3.05) is 23.8 Å². The molecule has 4 N–H and O–H groups in total. The van der Waals surface area contributed by atoms with Gasteiger partial charge in [-0.2, -0.15) is 0 Å². The van der Waals surface area contributed by atoms with Crippen LogP contribution in [0.2, 0.25) is 5.02 Å². The van der Waals surface area contributed by atoms with Crippen molar-refractivity contribution in [3.63, 3.8) is 0 Å². The highest BCUT2D eigenvalue weighted by molar-refractivity contribution is 6.30. The predicted octanol–water partition coefficient (Wildman–Crippen LogP) is 3.89. The molecule has 0 unspecified atom stereocenters. The summed E-state index contributed by atoms with van der Waals surface area (Å²) in [6, 6.07) is 20.6. The molecule has 0 aliphatic heterocycles. The fourth-order valence-electron chi connectivity index (χ4n) is 2.93. The lowest BCUT2D eigenvalue weighted by atomic mass is 10.1. The van der Waals surface area contributed by atoms with E-state index in [4.69, 9.17) is 22.1 Å². The van der Waals surface area contributed by atoms with Crippen molar-refractivity contribution in [2.45, 2.75) is 6.42 Å². The molecule has 0 spiro atoms. The van der Waals surface area contributed by atoms with E-state index in [1.54, 1.807) is 30.3 Å². The van der Waals surface area contributed by atoms with Crippen LogP contribution in [0.4, 0.5) is 11.4 Å². The van der Waals surface area contributed by atoms with Gasteiger partial charge in [-0.1, -0.05) is 35.9 Å². The van der Waals surface area contributed by atoms with E-state index in [2.05, 4.69) is 10.6 Å². The molecule has 0 fully saturated rings. The summed E-state index contributed by atoms with van der Waals surface area (Å²) in [4.78, 5) is 35.7. The Morgan fingerprint density at radius 1 is 0.906 bits per heavy atom. The maximum absolute atomic E-state index is 12.5. The molecule has 3 rings (SSSR count). The van der Waals surface area contributed by atoms with Crippen molar-refractivity contribution in [3.05, 3.63) is 94.5 Å². The smallest absolute Gasteiger partial charge is 0.340 e. The molecule has 0 heterocycles. The van der Waals surface area contributed by atoms with Crippen molar-refractivity contribution in [1.29, 1.82) is 0 Å². The summed E-state index contributed by atoms with van der Waals surface area (Å²) >= 11 is 5.90. The van der Waals surface area contributed by atoms with E-state index in [1.165, 1.54) is 12.1 Å². The highest BCUT2D eigenvalue weighted by atomic mass is 35.5. The standard InChI is InChI=1S/C24H22ClN3O4/c25-18-9-5-16(6-10-18)13-14-27-21-4-2-1-3-20(21)24(31)32-15-22(29)28-19-11-7-17(8-12-19)23(26)30/h1-12,27H,13-15H2,(H2,26,30)(H,28,29). The number of ether oxygens (including phenoxy) is 1. The van der Waals surface area contributed by atoms with Gasteiger partial charge < -0.3 is 21.1 Å². The first-order valence-corrected chi connectivity index (χ1v) is 10.2. The Kier molecular flexibility index (Phi) is 7.83. The molecule has 0 aliphatic rings. The second-order valence-corrected chi connectivity index (χ2v) is 7.35. The van der Waals surface area contributed by atoms with Gasteiger partial charge in [0.15, 0.2) is 6.61 Å². The van der Waals surface area contributed by atoms with Crippen LogP contribution in [0.15, 0.2) is 72.8 Å². The number of nitrogens with one attached hydrogen (secondary N) is 2. The van der Waals surface area contributed by atoms with Crippen LogP contribution in [0.25, 0.3) is 0 Å². The second-order valence-electron chi connectivity index (χ2n) is 6.91. The minimum atomic E-state index is -0.612. The summed E-state index contributed by atoms with van der Waals surface area (Å²) in [6.07, 6.45) is 0.748. The summed E-state index contributed by atoms with van der Waals surface area (Å²) in [5.41, 5.74) is 8.04. The average Bonchev–Trinajstić information content (AvgIpc) is 2.79. The minimum absolute atomic E-state index is 0.328. The number of hydrogen-bond acceptors (Lipinski definition) is 5. The van der Waals surface area contributed by atoms with E-state index in [9.17, 15) is 14.4 Å². The van der Waals surface area contributed by atoms with Crippen molar-refractivity contribution in [2.24, 2.45) is 5.73 Å². The molecule has 3 aromatic rings. The number of anilines is 2. The average molecular weight is 452 g/mol. The van der Waals surface area contributed by atoms with Gasteiger partial charge in [-0.3, -0.25) is 9.59 Å². The Morgan fingerprint density at radius 2 is 1.59 bits per heavy atom. The van der Waals surface area contributed by atoms with E-state index >= 15 is 0 Å². The lowest BCUT2D eigenvalue weighted by Crippen LogP contribution is -2.21. The number of carbonyl (C=O) groups excluding carboxylic acids is 3. The van der Waals surface area contributed by atoms with Crippen LogP contribution in [0, 0.1) is 0 Å². The van der Waals surface area contributed by atoms with E-state index in [0.717, 1.165) is 12.0 Å². The van der Waals surface area contributed by atoms with Crippen LogP contribution in [-0.2, 0) is 16.0 Å². The molecule has 0 saturated carbocycles. The van der Waals surface area contributed by atoms with Crippen LogP contribution in [0.1, 0.15) is 26.3 Å². The molecule has 0 bridgehead atoms. The van der Waals surface area contributed by atoms with Crippen LogP contribution in [0.3, 0.4) is 0 Å². The predicted molar refractivity (Wildman–Crippen MR) is 124 cm³/mol. The number of esters is 1. The molecule has 3 aromatic carbocycles. The molecule has 0 radical (unpaired) electrons. The topological polar surface area (TPSA) is 111 Å². The monoisotopic (exact) mass is 451 g/mol. The molecule has 32 heavy (non-hydrogen) atoms. The zero-order valence-corrected chi connectivity index (χ0v) is 17.9. The first-order chi connectivity index (χ1) is 15.4. The van der Waals surface area contributed by atoms with Crippen LogP contribution >= 0.6 is 11.6 Å². The largest absolute Gasteiger partial charge is 0.452 e. The van der Waals surface area contributed by atoms with Gasteiger partial charge in [0.1, 0.15) is 0 Å². The highest BCUT2D eigenvalue weighted by Gasteiger charge is 2.14. The van der Waals surface area contributed by atoms with E-state index in [1.807, 2.05) is 30.3 Å². The molecule has 2 amide bonds. The molecule has 0 saturated heterocycles. The lowest BCUT2D eigenvalue weighted by molar-refractivity contribution is -0.119.